The van der Waals surface area contributed by atoms with Crippen LogP contribution in [0.5, 0.6) is 5.75 Å². The molecule has 0 aliphatic heterocycles. The second-order valence-corrected chi connectivity index (χ2v) is 8.80. The summed E-state index contributed by atoms with van der Waals surface area (Å²) in [6, 6.07) is 7.37. The minimum atomic E-state index is 0.116. The van der Waals surface area contributed by atoms with Crippen LogP contribution in [0.4, 0.5) is 0 Å². The van der Waals surface area contributed by atoms with Crippen LogP contribution < -0.4 is 10.3 Å². The van der Waals surface area contributed by atoms with Gasteiger partial charge in [0.25, 0.3) is 5.56 Å². The third-order valence-electron chi connectivity index (χ3n) is 5.16. The molecule has 4 rings (SSSR count). The third-order valence-corrected chi connectivity index (χ3v) is 6.57. The van der Waals surface area contributed by atoms with Gasteiger partial charge in [0, 0.05) is 16.4 Å². The van der Waals surface area contributed by atoms with E-state index < -0.39 is 0 Å². The van der Waals surface area contributed by atoms with E-state index >= 15 is 0 Å². The van der Waals surface area contributed by atoms with Crippen molar-refractivity contribution in [3.05, 3.63) is 56.4 Å². The fourth-order valence-electron chi connectivity index (χ4n) is 3.63. The fraction of sp³-hybridized carbons (Fsp3) is 0.429. The lowest BCUT2D eigenvalue weighted by Gasteiger charge is -2.17. The molecule has 0 fully saturated rings. The molecule has 3 aromatic rings. The molecule has 1 aromatic carbocycles. The zero-order chi connectivity index (χ0) is 18.8. The van der Waals surface area contributed by atoms with Gasteiger partial charge in [0.05, 0.1) is 18.3 Å². The standard InChI is InChI=1S/C21H23ClN2O2S/c1-14-4-9-17-18(12-14)27-20-19(17)21(25)24(13-23-20)10-2-3-11-26-16-7-5-15(22)6-8-16/h5-8,13-14H,2-4,9-12H2,1H3. The average Bonchev–Trinajstić information content (AvgIpc) is 3.03. The van der Waals surface area contributed by atoms with E-state index in [9.17, 15) is 4.79 Å². The first-order chi connectivity index (χ1) is 13.1. The maximum Gasteiger partial charge on any atom is 0.262 e. The molecule has 6 heteroatoms. The Bertz CT molecular complexity index is 994. The topological polar surface area (TPSA) is 44.1 Å². The van der Waals surface area contributed by atoms with Crippen LogP contribution in [-0.4, -0.2) is 16.2 Å². The third kappa shape index (κ3) is 4.04. The van der Waals surface area contributed by atoms with Gasteiger partial charge in [-0.2, -0.15) is 0 Å². The highest BCUT2D eigenvalue weighted by atomic mass is 35.5. The Balaban J connectivity index is 1.38. The van der Waals surface area contributed by atoms with Crippen LogP contribution in [0.3, 0.4) is 0 Å². The van der Waals surface area contributed by atoms with E-state index in [4.69, 9.17) is 16.3 Å². The number of fused-ring (bicyclic) bond motifs is 3. The number of hydrogen-bond donors (Lipinski definition) is 0. The van der Waals surface area contributed by atoms with Crippen LogP contribution in [0.25, 0.3) is 10.2 Å². The van der Waals surface area contributed by atoms with Crippen molar-refractivity contribution < 1.29 is 4.74 Å². The predicted octanol–water partition coefficient (Wildman–Crippen LogP) is 5.10. The van der Waals surface area contributed by atoms with Gasteiger partial charge in [-0.3, -0.25) is 9.36 Å². The lowest BCUT2D eigenvalue weighted by molar-refractivity contribution is 0.303. The second kappa shape index (κ2) is 8.03. The van der Waals surface area contributed by atoms with Gasteiger partial charge in [-0.1, -0.05) is 18.5 Å². The Labute approximate surface area is 167 Å². The van der Waals surface area contributed by atoms with Gasteiger partial charge in [-0.25, -0.2) is 4.98 Å². The molecule has 1 aliphatic carbocycles. The normalized spacial score (nSPS) is 16.4. The van der Waals surface area contributed by atoms with Crippen LogP contribution in [0, 0.1) is 5.92 Å². The number of thiophene rings is 1. The molecular formula is C21H23ClN2O2S. The van der Waals surface area contributed by atoms with Crippen molar-refractivity contribution in [2.75, 3.05) is 6.61 Å². The number of ether oxygens (including phenoxy) is 1. The molecule has 2 heterocycles. The van der Waals surface area contributed by atoms with Gasteiger partial charge in [-0.15, -0.1) is 11.3 Å². The molecule has 0 saturated heterocycles. The van der Waals surface area contributed by atoms with E-state index in [1.54, 1.807) is 22.2 Å². The molecule has 4 nitrogen and oxygen atoms in total. The summed E-state index contributed by atoms with van der Waals surface area (Å²) in [4.78, 5) is 19.8. The zero-order valence-electron chi connectivity index (χ0n) is 15.4. The van der Waals surface area contributed by atoms with E-state index in [1.165, 1.54) is 10.4 Å². The summed E-state index contributed by atoms with van der Waals surface area (Å²) in [5.41, 5.74) is 1.37. The SMILES string of the molecule is CC1CCc2c(sc3ncn(CCCCOc4ccc(Cl)cc4)c(=O)c23)C1. The Hall–Kier alpha value is -1.85. The van der Waals surface area contributed by atoms with Crippen LogP contribution in [-0.2, 0) is 19.4 Å². The van der Waals surface area contributed by atoms with Crippen molar-refractivity contribution in [1.82, 2.24) is 9.55 Å². The molecule has 1 aliphatic rings. The maximum absolute atomic E-state index is 12.9. The first kappa shape index (κ1) is 18.5. The zero-order valence-corrected chi connectivity index (χ0v) is 17.0. The summed E-state index contributed by atoms with van der Waals surface area (Å²) in [6.45, 7) is 3.58. The smallest absolute Gasteiger partial charge is 0.262 e. The van der Waals surface area contributed by atoms with Crippen LogP contribution in [0.15, 0.2) is 35.4 Å². The highest BCUT2D eigenvalue weighted by molar-refractivity contribution is 7.18. The van der Waals surface area contributed by atoms with E-state index in [0.29, 0.717) is 24.1 Å². The van der Waals surface area contributed by atoms with E-state index in [2.05, 4.69) is 11.9 Å². The Morgan fingerprint density at radius 3 is 2.93 bits per heavy atom. The highest BCUT2D eigenvalue weighted by Gasteiger charge is 2.23. The van der Waals surface area contributed by atoms with Crippen molar-refractivity contribution >= 4 is 33.2 Å². The number of aromatic nitrogens is 2. The summed E-state index contributed by atoms with van der Waals surface area (Å²) in [7, 11) is 0. The van der Waals surface area contributed by atoms with Gasteiger partial charge >= 0.3 is 0 Å². The Kier molecular flexibility index (Phi) is 5.50. The largest absolute Gasteiger partial charge is 0.494 e. The second-order valence-electron chi connectivity index (χ2n) is 7.28. The molecule has 2 aromatic heterocycles. The van der Waals surface area contributed by atoms with Gasteiger partial charge in [0.15, 0.2) is 0 Å². The molecule has 0 radical (unpaired) electrons. The number of nitrogens with zero attached hydrogens (tertiary/aromatic N) is 2. The molecular weight excluding hydrogens is 380 g/mol. The van der Waals surface area contributed by atoms with Crippen molar-refractivity contribution in [1.29, 1.82) is 0 Å². The maximum atomic E-state index is 12.9. The van der Waals surface area contributed by atoms with Crippen molar-refractivity contribution in [3.8, 4) is 5.75 Å². The lowest BCUT2D eigenvalue weighted by Crippen LogP contribution is -2.22. The number of hydrogen-bond acceptors (Lipinski definition) is 4. The van der Waals surface area contributed by atoms with Gasteiger partial charge in [-0.05, 0) is 67.9 Å². The van der Waals surface area contributed by atoms with Crippen molar-refractivity contribution in [2.24, 2.45) is 5.92 Å². The number of unbranched alkanes of at least 4 members (excludes halogenated alkanes) is 1. The van der Waals surface area contributed by atoms with Crippen LogP contribution >= 0.6 is 22.9 Å². The summed E-state index contributed by atoms with van der Waals surface area (Å²) < 4.78 is 7.47. The molecule has 0 amide bonds. The molecule has 142 valence electrons. The first-order valence-corrected chi connectivity index (χ1v) is 10.7. The van der Waals surface area contributed by atoms with E-state index in [-0.39, 0.29) is 5.56 Å². The van der Waals surface area contributed by atoms with Crippen molar-refractivity contribution in [3.63, 3.8) is 0 Å². The summed E-state index contributed by atoms with van der Waals surface area (Å²) in [6.07, 6.45) is 6.71. The number of benzene rings is 1. The summed E-state index contributed by atoms with van der Waals surface area (Å²) in [5, 5.41) is 1.57. The molecule has 0 spiro atoms. The Morgan fingerprint density at radius 2 is 2.11 bits per heavy atom. The molecule has 1 atom stereocenters. The first-order valence-electron chi connectivity index (χ1n) is 9.50. The molecule has 0 N–H and O–H groups in total. The number of aryl methyl sites for hydroxylation is 2. The Morgan fingerprint density at radius 1 is 1.30 bits per heavy atom. The fourth-order valence-corrected chi connectivity index (χ4v) is 5.10. The van der Waals surface area contributed by atoms with E-state index in [1.807, 2.05) is 24.3 Å². The molecule has 0 bridgehead atoms. The molecule has 0 saturated carbocycles. The molecule has 1 unspecified atom stereocenters. The summed E-state index contributed by atoms with van der Waals surface area (Å²) in [5.74, 6) is 1.52. The van der Waals surface area contributed by atoms with Gasteiger partial charge in [0.2, 0.25) is 0 Å². The quantitative estimate of drug-likeness (QED) is 0.539. The predicted molar refractivity (Wildman–Crippen MR) is 111 cm³/mol. The minimum Gasteiger partial charge on any atom is -0.494 e. The van der Waals surface area contributed by atoms with Crippen LogP contribution in [0.2, 0.25) is 5.02 Å². The minimum absolute atomic E-state index is 0.116. The van der Waals surface area contributed by atoms with E-state index in [0.717, 1.165) is 48.1 Å². The molecule has 27 heavy (non-hydrogen) atoms. The van der Waals surface area contributed by atoms with Gasteiger partial charge in [0.1, 0.15) is 10.6 Å². The monoisotopic (exact) mass is 402 g/mol. The highest BCUT2D eigenvalue weighted by Crippen LogP contribution is 2.35. The van der Waals surface area contributed by atoms with Gasteiger partial charge < -0.3 is 4.74 Å². The summed E-state index contributed by atoms with van der Waals surface area (Å²) >= 11 is 7.57. The number of rotatable bonds is 6. The van der Waals surface area contributed by atoms with Crippen LogP contribution in [0.1, 0.15) is 36.6 Å². The lowest BCUT2D eigenvalue weighted by atomic mass is 9.89. The number of halogens is 1. The average molecular weight is 403 g/mol. The van der Waals surface area contributed by atoms with Crippen molar-refractivity contribution in [2.45, 2.75) is 45.6 Å².